The molecule has 0 bridgehead atoms. The summed E-state index contributed by atoms with van der Waals surface area (Å²) in [7, 11) is -5.93. The van der Waals surface area contributed by atoms with Crippen LogP contribution in [0.4, 0.5) is 0 Å². The van der Waals surface area contributed by atoms with Crippen molar-refractivity contribution in [2.24, 2.45) is 41.5 Å². The van der Waals surface area contributed by atoms with Crippen LogP contribution in [-0.4, -0.2) is 59.2 Å². The van der Waals surface area contributed by atoms with Crippen molar-refractivity contribution >= 4 is 66.7 Å². The smallest absolute Gasteiger partial charge is 0.370 e. The number of carbonyl (C=O) groups excluding carboxylic acids is 2. The highest BCUT2D eigenvalue weighted by molar-refractivity contribution is 7.81. The number of hydrogen-bond acceptors (Lipinski definition) is 10. The number of aromatic nitrogens is 2. The normalized spacial score (nSPS) is 11.7. The van der Waals surface area contributed by atoms with Crippen LogP contribution in [-0.2, 0) is 34.9 Å². The van der Waals surface area contributed by atoms with Gasteiger partial charge >= 0.3 is 20.8 Å². The molecule has 236 valence electrons. The maximum absolute atomic E-state index is 12.0. The number of benzene rings is 2. The van der Waals surface area contributed by atoms with Crippen molar-refractivity contribution in [3.8, 4) is 11.5 Å². The van der Waals surface area contributed by atoms with E-state index in [-0.39, 0.29) is 23.2 Å². The standard InChI is InChI=1S/2C12H14N4O5S/c1-7-8-5-10(12(17)14-6-15-13)16(2)9(8)3-4-11(7)21-22(18,19)20;1-6-7-5-9(11(17)15-12(13)14)16(2)8(7)3-4-10(6)21-22(18,19)20/h3-6H,13H2,1-2H3,(H,14,15,17)(H,18,19,20);3-5H,1-2H3,(H,18,19,20)(H4,13,14,15,17). The maximum Gasteiger partial charge on any atom is 0.446 e. The summed E-state index contributed by atoms with van der Waals surface area (Å²) in [5.41, 5.74) is 13.1. The first-order valence-electron chi connectivity index (χ1n) is 12.0. The van der Waals surface area contributed by atoms with Crippen LogP contribution in [0.5, 0.6) is 11.5 Å². The van der Waals surface area contributed by atoms with Crippen molar-refractivity contribution < 1.29 is 43.9 Å². The molecule has 20 heteroatoms. The first-order valence-corrected chi connectivity index (χ1v) is 14.8. The zero-order chi connectivity index (χ0) is 33.1. The third-order valence-corrected chi connectivity index (χ3v) is 7.01. The van der Waals surface area contributed by atoms with Crippen LogP contribution in [0.15, 0.2) is 46.5 Å². The molecule has 44 heavy (non-hydrogen) atoms. The van der Waals surface area contributed by atoms with Gasteiger partial charge in [-0.05, 0) is 50.2 Å². The van der Waals surface area contributed by atoms with Gasteiger partial charge in [0.25, 0.3) is 11.8 Å². The predicted molar refractivity (Wildman–Crippen MR) is 160 cm³/mol. The average molecular weight is 653 g/mol. The quantitative estimate of drug-likeness (QED) is 0.0518. The van der Waals surface area contributed by atoms with Crippen LogP contribution in [0, 0.1) is 13.8 Å². The molecule has 0 fully saturated rings. The van der Waals surface area contributed by atoms with Crippen LogP contribution < -0.4 is 31.0 Å². The first-order chi connectivity index (χ1) is 20.3. The lowest BCUT2D eigenvalue weighted by molar-refractivity contribution is 0.0968. The van der Waals surface area contributed by atoms with E-state index in [9.17, 15) is 26.4 Å². The summed E-state index contributed by atoms with van der Waals surface area (Å²) in [6.07, 6.45) is 1.06. The SMILES string of the molecule is Cc1c(OS(=O)(=O)O)ccc2c1cc(C(=O)N=C(N)N)n2C.Cc1c(OS(=O)(=O)O)ccc2c1cc(C(=O)NC=NN)n2C. The van der Waals surface area contributed by atoms with Gasteiger partial charge < -0.3 is 40.1 Å². The minimum absolute atomic E-state index is 0.0175. The summed E-state index contributed by atoms with van der Waals surface area (Å²) in [5.74, 6) is 3.45. The lowest BCUT2D eigenvalue weighted by Gasteiger charge is -2.07. The molecular formula is C24H28N8O10S2. The molecule has 0 spiro atoms. The fourth-order valence-corrected chi connectivity index (χ4v) is 5.05. The Balaban J connectivity index is 0.000000240. The van der Waals surface area contributed by atoms with Crippen molar-refractivity contribution in [1.82, 2.24) is 14.5 Å². The van der Waals surface area contributed by atoms with E-state index in [1.807, 2.05) is 0 Å². The zero-order valence-corrected chi connectivity index (χ0v) is 25.2. The second-order valence-electron chi connectivity index (χ2n) is 9.04. The Morgan fingerprint density at radius 3 is 1.68 bits per heavy atom. The Bertz CT molecular complexity index is 2060. The number of guanidine groups is 1. The third kappa shape index (κ3) is 7.60. The molecule has 0 aliphatic heterocycles. The molecule has 0 radical (unpaired) electrons. The summed E-state index contributed by atoms with van der Waals surface area (Å²) >= 11 is 0. The van der Waals surface area contributed by atoms with E-state index in [0.717, 1.165) is 6.34 Å². The monoisotopic (exact) mass is 652 g/mol. The van der Waals surface area contributed by atoms with Gasteiger partial charge in [0.2, 0.25) is 0 Å². The van der Waals surface area contributed by atoms with Crippen LogP contribution >= 0.6 is 0 Å². The van der Waals surface area contributed by atoms with E-state index in [1.54, 1.807) is 55.3 Å². The van der Waals surface area contributed by atoms with Crippen LogP contribution in [0.25, 0.3) is 21.8 Å². The van der Waals surface area contributed by atoms with Crippen LogP contribution in [0.3, 0.4) is 0 Å². The minimum Gasteiger partial charge on any atom is -0.370 e. The first kappa shape index (κ1) is 33.3. The molecule has 4 rings (SSSR count). The largest absolute Gasteiger partial charge is 0.446 e. The van der Waals surface area contributed by atoms with Gasteiger partial charge in [-0.1, -0.05) is 0 Å². The van der Waals surface area contributed by atoms with E-state index in [0.29, 0.717) is 38.6 Å². The number of nitrogens with one attached hydrogen (secondary N) is 1. The third-order valence-electron chi connectivity index (χ3n) is 6.23. The van der Waals surface area contributed by atoms with Gasteiger partial charge in [0.05, 0.1) is 0 Å². The van der Waals surface area contributed by atoms with Gasteiger partial charge in [-0.15, -0.1) is 0 Å². The lowest BCUT2D eigenvalue weighted by atomic mass is 10.1. The molecule has 9 N–H and O–H groups in total. The van der Waals surface area contributed by atoms with Gasteiger partial charge in [0, 0.05) is 47.0 Å². The molecule has 0 unspecified atom stereocenters. The second-order valence-corrected chi connectivity index (χ2v) is 11.1. The molecule has 4 aromatic rings. The lowest BCUT2D eigenvalue weighted by Crippen LogP contribution is -2.24. The Morgan fingerprint density at radius 1 is 0.841 bits per heavy atom. The molecule has 0 aliphatic rings. The Hall–Kier alpha value is -5.18. The number of aliphatic imine (C=N–C) groups is 1. The highest BCUT2D eigenvalue weighted by atomic mass is 32.3. The maximum atomic E-state index is 12.0. The fraction of sp³-hybridized carbons (Fsp3) is 0.167. The number of nitrogens with two attached hydrogens (primary N) is 3. The second kappa shape index (κ2) is 12.6. The van der Waals surface area contributed by atoms with Crippen LogP contribution in [0.1, 0.15) is 32.1 Å². The number of amides is 2. The zero-order valence-electron chi connectivity index (χ0n) is 23.5. The molecule has 0 saturated carbocycles. The number of fused-ring (bicyclic) bond motifs is 2. The van der Waals surface area contributed by atoms with E-state index in [2.05, 4.69) is 23.8 Å². The fourth-order valence-electron chi connectivity index (χ4n) is 4.24. The minimum atomic E-state index is -4.63. The topological polar surface area (TPSA) is 286 Å². The molecule has 18 nitrogen and oxygen atoms in total. The predicted octanol–water partition coefficient (Wildman–Crippen LogP) is 0.382. The van der Waals surface area contributed by atoms with Gasteiger partial charge in [-0.2, -0.15) is 26.9 Å². The number of carbonyl (C=O) groups is 2. The van der Waals surface area contributed by atoms with Crippen molar-refractivity contribution in [2.45, 2.75) is 13.8 Å². The van der Waals surface area contributed by atoms with Crippen molar-refractivity contribution in [3.63, 3.8) is 0 Å². The van der Waals surface area contributed by atoms with E-state index in [4.69, 9.17) is 26.4 Å². The Labute approximate surface area is 250 Å². The molecule has 2 aromatic heterocycles. The van der Waals surface area contributed by atoms with E-state index >= 15 is 0 Å². The van der Waals surface area contributed by atoms with E-state index in [1.165, 1.54) is 18.2 Å². The number of hydrogen-bond donors (Lipinski definition) is 6. The summed E-state index contributed by atoms with van der Waals surface area (Å²) in [6.45, 7) is 3.21. The van der Waals surface area contributed by atoms with Gasteiger partial charge in [-0.3, -0.25) is 18.7 Å². The number of aryl methyl sites for hydroxylation is 4. The van der Waals surface area contributed by atoms with Crippen molar-refractivity contribution in [2.75, 3.05) is 0 Å². The van der Waals surface area contributed by atoms with E-state index < -0.39 is 32.6 Å². The summed E-state index contributed by atoms with van der Waals surface area (Å²) in [5, 5.41) is 6.73. The molecular weight excluding hydrogens is 624 g/mol. The van der Waals surface area contributed by atoms with Gasteiger partial charge in [0.1, 0.15) is 29.2 Å². The summed E-state index contributed by atoms with van der Waals surface area (Å²) < 4.78 is 73.0. The molecule has 0 aliphatic carbocycles. The number of nitrogens with zero attached hydrogens (tertiary/aromatic N) is 4. The Morgan fingerprint density at radius 2 is 1.27 bits per heavy atom. The molecule has 2 aromatic carbocycles. The van der Waals surface area contributed by atoms with Crippen LogP contribution in [0.2, 0.25) is 0 Å². The summed E-state index contributed by atoms with van der Waals surface area (Å²) in [4.78, 5) is 27.4. The van der Waals surface area contributed by atoms with Gasteiger partial charge in [0.15, 0.2) is 5.96 Å². The highest BCUT2D eigenvalue weighted by Crippen LogP contribution is 2.31. The van der Waals surface area contributed by atoms with Gasteiger partial charge in [-0.25, -0.2) is 0 Å². The van der Waals surface area contributed by atoms with Crippen molar-refractivity contribution in [3.05, 3.63) is 58.9 Å². The number of hydrazone groups is 1. The summed E-state index contributed by atoms with van der Waals surface area (Å²) in [6, 6.07) is 8.98. The number of rotatable bonds is 7. The molecule has 0 atom stereocenters. The molecule has 2 heterocycles. The Kier molecular flexibility index (Phi) is 9.53. The van der Waals surface area contributed by atoms with Crippen molar-refractivity contribution in [1.29, 1.82) is 0 Å². The molecule has 2 amide bonds. The average Bonchev–Trinajstić information content (AvgIpc) is 3.42. The highest BCUT2D eigenvalue weighted by Gasteiger charge is 2.19. The molecule has 0 saturated heterocycles.